The summed E-state index contributed by atoms with van der Waals surface area (Å²) >= 11 is 7.67. The average molecular weight is 417 g/mol. The molecule has 150 valence electrons. The number of nitrogens with one attached hydrogen (secondary N) is 1. The van der Waals surface area contributed by atoms with Gasteiger partial charge in [0.05, 0.1) is 0 Å². The van der Waals surface area contributed by atoms with Gasteiger partial charge in [-0.3, -0.25) is 9.69 Å². The minimum Gasteiger partial charge on any atom is -0.353 e. The smallest absolute Gasteiger partial charge is 0.221 e. The van der Waals surface area contributed by atoms with Crippen LogP contribution in [0.15, 0.2) is 59.5 Å². The SMILES string of the molecule is CC(C)(CC(=O)NC1CCN(Cc2ccccc2)CC1)Sc1ccc(Cl)cc1. The number of hydrogen-bond acceptors (Lipinski definition) is 3. The zero-order valence-corrected chi connectivity index (χ0v) is 18.2. The van der Waals surface area contributed by atoms with Gasteiger partial charge in [0.2, 0.25) is 5.91 Å². The highest BCUT2D eigenvalue weighted by Crippen LogP contribution is 2.35. The van der Waals surface area contributed by atoms with E-state index in [-0.39, 0.29) is 16.7 Å². The van der Waals surface area contributed by atoms with Crippen LogP contribution in [-0.4, -0.2) is 34.7 Å². The highest BCUT2D eigenvalue weighted by molar-refractivity contribution is 8.00. The van der Waals surface area contributed by atoms with Crippen LogP contribution in [0.1, 0.15) is 38.7 Å². The predicted octanol–water partition coefficient (Wildman–Crippen LogP) is 5.38. The van der Waals surface area contributed by atoms with E-state index in [0.29, 0.717) is 6.42 Å². The number of benzene rings is 2. The Morgan fingerprint density at radius 1 is 1.11 bits per heavy atom. The Bertz CT molecular complexity index is 756. The summed E-state index contributed by atoms with van der Waals surface area (Å²) in [7, 11) is 0. The molecular weight excluding hydrogens is 388 g/mol. The van der Waals surface area contributed by atoms with E-state index in [9.17, 15) is 4.79 Å². The Hall–Kier alpha value is -1.49. The fourth-order valence-electron chi connectivity index (χ4n) is 3.60. The van der Waals surface area contributed by atoms with Gasteiger partial charge >= 0.3 is 0 Å². The summed E-state index contributed by atoms with van der Waals surface area (Å²) in [5.74, 6) is 0.146. The molecule has 0 unspecified atom stereocenters. The first-order chi connectivity index (χ1) is 13.4. The number of likely N-dealkylation sites (tertiary alicyclic amines) is 1. The summed E-state index contributed by atoms with van der Waals surface area (Å²) in [4.78, 5) is 16.2. The maximum absolute atomic E-state index is 12.6. The first kappa shape index (κ1) is 21.2. The van der Waals surface area contributed by atoms with Crippen molar-refractivity contribution >= 4 is 29.3 Å². The van der Waals surface area contributed by atoms with Crippen LogP contribution in [0.2, 0.25) is 5.02 Å². The van der Waals surface area contributed by atoms with Crippen LogP contribution in [0.25, 0.3) is 0 Å². The van der Waals surface area contributed by atoms with Crippen molar-refractivity contribution in [2.24, 2.45) is 0 Å². The largest absolute Gasteiger partial charge is 0.353 e. The van der Waals surface area contributed by atoms with Crippen molar-refractivity contribution in [2.45, 2.75) is 55.3 Å². The molecule has 0 aliphatic carbocycles. The number of carbonyl (C=O) groups is 1. The first-order valence-electron chi connectivity index (χ1n) is 9.90. The molecule has 1 saturated heterocycles. The molecule has 1 heterocycles. The first-order valence-corrected chi connectivity index (χ1v) is 11.1. The highest BCUT2D eigenvalue weighted by Gasteiger charge is 2.26. The Morgan fingerprint density at radius 2 is 1.75 bits per heavy atom. The van der Waals surface area contributed by atoms with Crippen LogP contribution in [0.5, 0.6) is 0 Å². The van der Waals surface area contributed by atoms with Crippen molar-refractivity contribution in [1.82, 2.24) is 10.2 Å². The molecule has 2 aromatic rings. The van der Waals surface area contributed by atoms with Crippen LogP contribution in [0, 0.1) is 0 Å². The van der Waals surface area contributed by atoms with Gasteiger partial charge in [-0.15, -0.1) is 11.8 Å². The number of hydrogen-bond donors (Lipinski definition) is 1. The molecular formula is C23H29ClN2OS. The van der Waals surface area contributed by atoms with Crippen molar-refractivity contribution in [2.75, 3.05) is 13.1 Å². The number of halogens is 1. The van der Waals surface area contributed by atoms with Crippen LogP contribution in [0.4, 0.5) is 0 Å². The molecule has 0 bridgehead atoms. The molecule has 1 amide bonds. The van der Waals surface area contributed by atoms with Gasteiger partial charge in [0.1, 0.15) is 0 Å². The number of carbonyl (C=O) groups excluding carboxylic acids is 1. The third-order valence-electron chi connectivity index (χ3n) is 5.00. The van der Waals surface area contributed by atoms with Crippen LogP contribution in [0.3, 0.4) is 0 Å². The molecule has 3 rings (SSSR count). The molecule has 5 heteroatoms. The van der Waals surface area contributed by atoms with E-state index in [2.05, 4.69) is 54.4 Å². The molecule has 0 spiro atoms. The van der Waals surface area contributed by atoms with E-state index >= 15 is 0 Å². The normalized spacial score (nSPS) is 16.1. The summed E-state index contributed by atoms with van der Waals surface area (Å²) in [6, 6.07) is 18.7. The Labute approximate surface area is 177 Å². The number of piperidine rings is 1. The second-order valence-electron chi connectivity index (χ2n) is 8.10. The molecule has 0 aromatic heterocycles. The molecule has 0 atom stereocenters. The highest BCUT2D eigenvalue weighted by atomic mass is 35.5. The lowest BCUT2D eigenvalue weighted by Gasteiger charge is -2.33. The van der Waals surface area contributed by atoms with Gasteiger partial charge in [-0.2, -0.15) is 0 Å². The quantitative estimate of drug-likeness (QED) is 0.615. The fraction of sp³-hybridized carbons (Fsp3) is 0.435. The third-order valence-corrected chi connectivity index (χ3v) is 6.45. The van der Waals surface area contributed by atoms with E-state index in [1.807, 2.05) is 24.3 Å². The molecule has 1 fully saturated rings. The van der Waals surface area contributed by atoms with Gasteiger partial charge in [0.25, 0.3) is 0 Å². The molecule has 0 saturated carbocycles. The average Bonchev–Trinajstić information content (AvgIpc) is 2.65. The maximum Gasteiger partial charge on any atom is 0.221 e. The van der Waals surface area contributed by atoms with Crippen molar-refractivity contribution in [3.63, 3.8) is 0 Å². The summed E-state index contributed by atoms with van der Waals surface area (Å²) < 4.78 is -0.161. The molecule has 2 aromatic carbocycles. The van der Waals surface area contributed by atoms with Gasteiger partial charge in [0.15, 0.2) is 0 Å². The Kier molecular flexibility index (Phi) is 7.44. The van der Waals surface area contributed by atoms with E-state index in [4.69, 9.17) is 11.6 Å². The van der Waals surface area contributed by atoms with Gasteiger partial charge in [-0.05, 0) is 56.5 Å². The van der Waals surface area contributed by atoms with Gasteiger partial charge in [0, 0.05) is 46.8 Å². The summed E-state index contributed by atoms with van der Waals surface area (Å²) in [6.07, 6.45) is 2.54. The molecule has 1 N–H and O–H groups in total. The molecule has 0 radical (unpaired) electrons. The summed E-state index contributed by atoms with van der Waals surface area (Å²) in [6.45, 7) is 7.29. The van der Waals surface area contributed by atoms with E-state index in [0.717, 1.165) is 42.4 Å². The Morgan fingerprint density at radius 3 is 2.39 bits per heavy atom. The minimum absolute atomic E-state index is 0.146. The molecule has 1 aliphatic heterocycles. The minimum atomic E-state index is -0.161. The summed E-state index contributed by atoms with van der Waals surface area (Å²) in [5, 5.41) is 3.99. The van der Waals surface area contributed by atoms with Crippen LogP contribution >= 0.6 is 23.4 Å². The third kappa shape index (κ3) is 6.84. The van der Waals surface area contributed by atoms with Crippen molar-refractivity contribution < 1.29 is 4.79 Å². The van der Waals surface area contributed by atoms with Gasteiger partial charge < -0.3 is 5.32 Å². The number of nitrogens with zero attached hydrogens (tertiary/aromatic N) is 1. The summed E-state index contributed by atoms with van der Waals surface area (Å²) in [5.41, 5.74) is 1.35. The number of thioether (sulfide) groups is 1. The topological polar surface area (TPSA) is 32.3 Å². The fourth-order valence-corrected chi connectivity index (χ4v) is 4.84. The monoisotopic (exact) mass is 416 g/mol. The number of rotatable bonds is 7. The zero-order valence-electron chi connectivity index (χ0n) is 16.7. The Balaban J connectivity index is 1.41. The van der Waals surface area contributed by atoms with Crippen molar-refractivity contribution in [1.29, 1.82) is 0 Å². The lowest BCUT2D eigenvalue weighted by molar-refractivity contribution is -0.122. The second-order valence-corrected chi connectivity index (χ2v) is 10.3. The standard InChI is InChI=1S/C23H29ClN2OS/c1-23(2,28-21-10-8-19(24)9-11-21)16-22(27)25-20-12-14-26(15-13-20)17-18-6-4-3-5-7-18/h3-11,20H,12-17H2,1-2H3,(H,25,27). The lowest BCUT2D eigenvalue weighted by atomic mass is 10.0. The van der Waals surface area contributed by atoms with Gasteiger partial charge in [-0.1, -0.05) is 41.9 Å². The predicted molar refractivity (Wildman–Crippen MR) is 119 cm³/mol. The van der Waals surface area contributed by atoms with Gasteiger partial charge in [-0.25, -0.2) is 0 Å². The van der Waals surface area contributed by atoms with E-state index < -0.39 is 0 Å². The second kappa shape index (κ2) is 9.82. The van der Waals surface area contributed by atoms with Crippen molar-refractivity contribution in [3.05, 3.63) is 65.2 Å². The lowest BCUT2D eigenvalue weighted by Crippen LogP contribution is -2.45. The number of amides is 1. The maximum atomic E-state index is 12.6. The molecule has 1 aliphatic rings. The zero-order chi connectivity index (χ0) is 20.0. The van der Waals surface area contributed by atoms with Crippen molar-refractivity contribution in [3.8, 4) is 0 Å². The van der Waals surface area contributed by atoms with E-state index in [1.54, 1.807) is 11.8 Å². The molecule has 28 heavy (non-hydrogen) atoms. The molecule has 3 nitrogen and oxygen atoms in total. The van der Waals surface area contributed by atoms with E-state index in [1.165, 1.54) is 5.56 Å². The van der Waals surface area contributed by atoms with Crippen LogP contribution < -0.4 is 5.32 Å². The van der Waals surface area contributed by atoms with Crippen LogP contribution in [-0.2, 0) is 11.3 Å².